The first-order valence-electron chi connectivity index (χ1n) is 46.8. The van der Waals surface area contributed by atoms with Gasteiger partial charge >= 0.3 is 5.97 Å². The minimum atomic E-state index is -1.73. The van der Waals surface area contributed by atoms with Crippen molar-refractivity contribution >= 4 is 140 Å². The molecule has 0 unspecified atom stereocenters. The molecule has 0 aliphatic carbocycles. The van der Waals surface area contributed by atoms with E-state index in [1.165, 1.54) is 51.2 Å². The summed E-state index contributed by atoms with van der Waals surface area (Å²) in [6.07, 6.45) is 3.75. The average Bonchev–Trinajstić information content (AvgIpc) is 0.947. The van der Waals surface area contributed by atoms with Gasteiger partial charge in [0.25, 0.3) is 0 Å². The Kier molecular flexibility index (Phi) is 41.4. The third-order valence-corrected chi connectivity index (χ3v) is 26.6. The Bertz CT molecular complexity index is 5120. The first-order valence-corrected chi connectivity index (χ1v) is 47.9. The normalized spacial score (nSPS) is 25.2. The number of para-hydroxylation sites is 2. The molecule has 14 amide bonds. The Balaban J connectivity index is 1.10. The maximum absolute atomic E-state index is 15.9. The smallest absolute Gasteiger partial charge is 0.303 e. The Hall–Kier alpha value is -12.5. The van der Waals surface area contributed by atoms with Crippen LogP contribution < -0.4 is 70.2 Å². The van der Waals surface area contributed by atoms with Gasteiger partial charge in [-0.05, 0) is 144 Å². The van der Waals surface area contributed by atoms with Gasteiger partial charge in [0.05, 0.1) is 31.1 Å². The Morgan fingerprint density at radius 1 is 0.529 bits per heavy atom. The number of H-pyrrole nitrogens is 2. The molecule has 3 aromatic carbocycles. The number of primary amides is 1. The molecular weight excluding hydrogens is 1770 g/mol. The van der Waals surface area contributed by atoms with E-state index < -0.39 is 241 Å². The van der Waals surface area contributed by atoms with E-state index >= 15 is 38.4 Å². The fraction of sp³-hybridized carbons (Fsp3) is 0.558. The summed E-state index contributed by atoms with van der Waals surface area (Å²) >= 11 is 0.803. The topological polar surface area (TPSA) is 600 Å². The number of likely N-dealkylation sites (N-methyl/N-ethyl adjacent to an activating group) is 3. The van der Waals surface area contributed by atoms with E-state index in [1.807, 2.05) is 32.0 Å². The molecule has 2 aromatic heterocycles. The van der Waals surface area contributed by atoms with Crippen LogP contribution in [0.3, 0.4) is 0 Å². The molecule has 15 atom stereocenters. The molecule has 0 spiro atoms. The van der Waals surface area contributed by atoms with Gasteiger partial charge in [-0.1, -0.05) is 88.1 Å². The van der Waals surface area contributed by atoms with Crippen LogP contribution >= 0.6 is 11.8 Å². The van der Waals surface area contributed by atoms with Crippen LogP contribution in [0.15, 0.2) is 102 Å². The lowest BCUT2D eigenvalue weighted by molar-refractivity contribution is -0.149. The van der Waals surface area contributed by atoms with Crippen LogP contribution in [-0.2, 0) is 101 Å². The van der Waals surface area contributed by atoms with E-state index in [0.29, 0.717) is 81.9 Å². The number of nitrogens with one attached hydrogen (secondary N) is 10. The standard InChI is InChI=1S/C95H134N20O20S/c1-8-10-24-75-88(127)104-67(31-34-83(121)122)86(125)110-74(79(117)32-33-81(99)119)53-136-54-82(120)103-72(43-56-27-29-62(135-7)30-28-56)91(130)111(4)55(3)84(123)105-69(36-40-98)93(132)114-42-18-26-76(114)89(128)108-71(44-57-37-41-100-49-57)87(126)106-68(23-16-17-38-96)94(133)115-52-61(116)48-78(115)90(129)107-70(45-59-50-101-65-21-14-12-19-63(59)65)80(118)47-58(35-39-97)85(124)109-73(46-60-51-102-66-22-15-13-20-64(60)66)92(131)113(6)77(25-11-9-2)95(134)112(75)5/h12-15,19-22,27-30,41,49-51,55,58,61,67-78,101-102,116H,8-11,16-18,23-26,31-40,42-48,52-54,96-98H2,1-7H3,(H2,99,119)(H,103,120)(H,104,127)(H,105,123)(H,106,126)(H,107,129)(H,108,128)(H,109,124)(H,110,125)(H,121,122)/t55-,58+,61+,67-,68-,69-,70-,71-,72-,73-,74-,75-,76-,77-,78-/m0/s1. The number of hydrogen-bond acceptors (Lipinski definition) is 24. The number of benzene rings is 3. The zero-order valence-electron chi connectivity index (χ0n) is 78.5. The average molecular weight is 1910 g/mol. The quantitative estimate of drug-likeness (QED) is 0.0285. The Morgan fingerprint density at radius 3 is 1.71 bits per heavy atom. The molecule has 5 aromatic rings. The molecule has 6 heterocycles. The van der Waals surface area contributed by atoms with Crippen molar-refractivity contribution in [3.8, 4) is 5.75 Å². The van der Waals surface area contributed by atoms with Crippen molar-refractivity contribution in [3.05, 3.63) is 114 Å². The summed E-state index contributed by atoms with van der Waals surface area (Å²) in [6, 6.07) is 2.09. The number of amides is 14. The first kappa shape index (κ1) is 107. The predicted molar refractivity (Wildman–Crippen MR) is 508 cm³/mol. The third-order valence-electron chi connectivity index (χ3n) is 25.5. The zero-order valence-corrected chi connectivity index (χ0v) is 79.3. The van der Waals surface area contributed by atoms with Gasteiger partial charge in [0.2, 0.25) is 82.7 Å². The number of aliphatic imine (C=N–C) groups is 1. The molecule has 20 N–H and O–H groups in total. The summed E-state index contributed by atoms with van der Waals surface area (Å²) < 4.78 is 5.36. The minimum Gasteiger partial charge on any atom is -0.497 e. The van der Waals surface area contributed by atoms with E-state index in [-0.39, 0.29) is 116 Å². The lowest BCUT2D eigenvalue weighted by Crippen LogP contribution is -2.60. The van der Waals surface area contributed by atoms with Gasteiger partial charge in [-0.2, -0.15) is 0 Å². The van der Waals surface area contributed by atoms with Gasteiger partial charge in [0, 0.05) is 150 Å². The van der Waals surface area contributed by atoms with Crippen molar-refractivity contribution in [2.24, 2.45) is 33.8 Å². The number of carbonyl (C=O) groups excluding carboxylic acids is 16. The number of rotatable bonds is 30. The number of Topliss-reactive ketones (excluding diaryl/α,β-unsaturated/α-hetero) is 2. The Morgan fingerprint density at radius 2 is 1.10 bits per heavy atom. The highest BCUT2D eigenvalue weighted by Gasteiger charge is 2.47. The van der Waals surface area contributed by atoms with Crippen molar-refractivity contribution < 1.29 is 96.5 Å². The Labute approximate surface area is 794 Å². The number of carboxylic acid groups (broad SMARTS) is 1. The minimum absolute atomic E-state index is 0.00790. The van der Waals surface area contributed by atoms with Crippen molar-refractivity contribution in [1.82, 2.24) is 77.0 Å². The SMILES string of the molecule is CCCC[C@H]1C(=O)N(C)[C@@H](CCCC)C(=O)N[C@@H](CCC(=O)O)C(=O)N[C@H](C(=O)CCC(N)=O)CSCC(=O)N[C@@H](Cc2ccc(OC)cc2)C(=O)N(C)[C@@H](C)C(=O)N[C@@H](CCN)C(=O)N2CCC[C@H]2C(=O)N[C@@H](CC2=CN=CC2)C(=O)N[C@@H](CCCCN)C(=O)N2C[C@H](O)C[C@H]2C(=O)N[C@@H](Cc2c[nH]c3ccccc23)C(=O)C[C@@H](CCN)C(=O)N[C@@H](Cc2c[nH]c3ccccc23)C(=O)N1C. The van der Waals surface area contributed by atoms with E-state index in [1.54, 1.807) is 73.2 Å². The monoisotopic (exact) mass is 1910 g/mol. The maximum Gasteiger partial charge on any atom is 0.303 e. The number of unbranched alkanes of at least 4 members (excludes halogenated alkanes) is 3. The van der Waals surface area contributed by atoms with Crippen molar-refractivity contribution in [1.29, 1.82) is 0 Å². The number of ether oxygens (including phenoxy) is 1. The van der Waals surface area contributed by atoms with Crippen LogP contribution in [0.1, 0.15) is 172 Å². The number of carbonyl (C=O) groups is 17. The summed E-state index contributed by atoms with van der Waals surface area (Å²) in [6.45, 7) is 4.51. The number of carboxylic acids is 1. The molecule has 9 rings (SSSR count). The fourth-order valence-electron chi connectivity index (χ4n) is 17.6. The largest absolute Gasteiger partial charge is 0.497 e. The van der Waals surface area contributed by atoms with Gasteiger partial charge in [0.15, 0.2) is 11.6 Å². The number of aromatic nitrogens is 2. The number of fused-ring (bicyclic) bond motifs is 4. The van der Waals surface area contributed by atoms with E-state index in [4.69, 9.17) is 27.7 Å². The van der Waals surface area contributed by atoms with Crippen LogP contribution in [0.4, 0.5) is 0 Å². The second kappa shape index (κ2) is 52.6. The number of nitrogens with two attached hydrogens (primary N) is 4. The molecule has 136 heavy (non-hydrogen) atoms. The molecule has 0 saturated carbocycles. The van der Waals surface area contributed by atoms with Crippen molar-refractivity contribution in [3.63, 3.8) is 0 Å². The molecule has 0 bridgehead atoms. The summed E-state index contributed by atoms with van der Waals surface area (Å²) in [7, 11) is 5.47. The second-order valence-corrected chi connectivity index (χ2v) is 36.4. The molecule has 3 fully saturated rings. The molecule has 3 saturated heterocycles. The van der Waals surface area contributed by atoms with Gasteiger partial charge in [-0.15, -0.1) is 11.8 Å². The van der Waals surface area contributed by atoms with Crippen molar-refractivity contribution in [2.75, 3.05) is 72.5 Å². The number of aliphatic carboxylic acids is 1. The number of aliphatic hydroxyl groups is 1. The van der Waals surface area contributed by atoms with Gasteiger partial charge in [0.1, 0.15) is 72.2 Å². The summed E-state index contributed by atoms with van der Waals surface area (Å²) in [5, 5.41) is 45.2. The van der Waals surface area contributed by atoms with Gasteiger partial charge in [-0.3, -0.25) is 86.5 Å². The van der Waals surface area contributed by atoms with Crippen LogP contribution in [0.5, 0.6) is 5.75 Å². The van der Waals surface area contributed by atoms with Gasteiger partial charge in [-0.25, -0.2) is 0 Å². The predicted octanol–water partition coefficient (Wildman–Crippen LogP) is 0.995. The molecule has 4 aliphatic heterocycles. The molecule has 0 radical (unpaired) electrons. The number of ketones is 2. The van der Waals surface area contributed by atoms with Gasteiger partial charge < -0.3 is 115 Å². The third kappa shape index (κ3) is 29.8. The molecular formula is C95H134N20O20S. The number of aromatic amines is 2. The molecule has 41 heteroatoms. The van der Waals surface area contributed by atoms with Crippen LogP contribution in [0.2, 0.25) is 0 Å². The second-order valence-electron chi connectivity index (χ2n) is 35.4. The van der Waals surface area contributed by atoms with Crippen molar-refractivity contribution in [2.45, 2.75) is 260 Å². The fourth-order valence-corrected chi connectivity index (χ4v) is 18.4. The van der Waals surface area contributed by atoms with E-state index in [0.717, 1.165) is 26.5 Å². The molecule has 40 nitrogen and oxygen atoms in total. The van der Waals surface area contributed by atoms with Crippen LogP contribution in [0.25, 0.3) is 21.8 Å². The van der Waals surface area contributed by atoms with Crippen LogP contribution in [-0.4, -0.2) is 308 Å². The number of aliphatic hydroxyl groups excluding tert-OH is 1. The highest BCUT2D eigenvalue weighted by atomic mass is 32.2. The highest BCUT2D eigenvalue weighted by Crippen LogP contribution is 2.30. The number of methoxy groups -OCH3 is 1. The highest BCUT2D eigenvalue weighted by molar-refractivity contribution is 8.00. The maximum atomic E-state index is 15.9. The lowest BCUT2D eigenvalue weighted by atomic mass is 9.91. The van der Waals surface area contributed by atoms with Crippen LogP contribution in [0, 0.1) is 5.92 Å². The summed E-state index contributed by atoms with van der Waals surface area (Å²) in [5.74, 6) is -16.3. The summed E-state index contributed by atoms with van der Waals surface area (Å²) in [4.78, 5) is 268. The molecule has 4 aliphatic rings. The zero-order chi connectivity index (χ0) is 99.0. The van der Waals surface area contributed by atoms with E-state index in [9.17, 15) is 53.4 Å². The lowest BCUT2D eigenvalue weighted by Gasteiger charge is -2.36. The number of thioether (sulfide) groups is 1. The summed E-state index contributed by atoms with van der Waals surface area (Å²) in [5.41, 5.74) is 27.5. The van der Waals surface area contributed by atoms with E-state index in [2.05, 4.69) is 57.5 Å². The molecule has 740 valence electrons. The number of hydrogen-bond donors (Lipinski definition) is 16. The number of nitrogens with zero attached hydrogens (tertiary/aromatic N) is 6. The first-order chi connectivity index (χ1) is 65.1.